The van der Waals surface area contributed by atoms with Crippen LogP contribution in [0.4, 0.5) is 10.5 Å². The number of nitrogens with one attached hydrogen (secondary N) is 2. The first-order valence-corrected chi connectivity index (χ1v) is 5.68. The first kappa shape index (κ1) is 14.8. The number of anilines is 1. The fourth-order valence-corrected chi connectivity index (χ4v) is 1.33. The van der Waals surface area contributed by atoms with E-state index in [9.17, 15) is 9.59 Å². The fraction of sp³-hybridized carbons (Fsp3) is 0.333. The number of methoxy groups -OCH3 is 1. The molecule has 0 aliphatic heterocycles. The Kier molecular flexibility index (Phi) is 6.17. The Balaban J connectivity index is 2.25. The third kappa shape index (κ3) is 6.27. The fourth-order valence-electron chi connectivity index (χ4n) is 1.33. The zero-order chi connectivity index (χ0) is 14.1. The number of rotatable bonds is 7. The van der Waals surface area contributed by atoms with Crippen molar-refractivity contribution in [2.45, 2.75) is 0 Å². The molecule has 4 N–H and O–H groups in total. The van der Waals surface area contributed by atoms with E-state index >= 15 is 0 Å². The molecule has 19 heavy (non-hydrogen) atoms. The van der Waals surface area contributed by atoms with Gasteiger partial charge in [-0.25, -0.2) is 4.79 Å². The number of carbonyl (C=O) groups excluding carboxylic acids is 2. The molecule has 0 aliphatic carbocycles. The largest absolute Gasteiger partial charge is 0.497 e. The highest BCUT2D eigenvalue weighted by Gasteiger charge is 2.02. The highest BCUT2D eigenvalue weighted by molar-refractivity contribution is 5.92. The molecular formula is C12H17N3O4. The van der Waals surface area contributed by atoms with Gasteiger partial charge < -0.3 is 25.8 Å². The van der Waals surface area contributed by atoms with Gasteiger partial charge in [0.1, 0.15) is 12.4 Å². The Morgan fingerprint density at radius 2 is 2.16 bits per heavy atom. The number of hydrogen-bond acceptors (Lipinski definition) is 5. The molecule has 0 aliphatic rings. The van der Waals surface area contributed by atoms with Crippen molar-refractivity contribution in [2.75, 3.05) is 32.1 Å². The third-order valence-corrected chi connectivity index (χ3v) is 2.16. The molecule has 0 radical (unpaired) electrons. The van der Waals surface area contributed by atoms with E-state index in [1.807, 2.05) is 0 Å². The number of hydrogen-bond donors (Lipinski definition) is 3. The van der Waals surface area contributed by atoms with Crippen LogP contribution in [0.2, 0.25) is 0 Å². The second-order valence-electron chi connectivity index (χ2n) is 3.62. The Morgan fingerprint density at radius 3 is 2.84 bits per heavy atom. The van der Waals surface area contributed by atoms with Crippen LogP contribution in [0, 0.1) is 0 Å². The van der Waals surface area contributed by atoms with Crippen LogP contribution < -0.4 is 21.1 Å². The molecule has 0 spiro atoms. The molecule has 104 valence electrons. The minimum atomic E-state index is -0.831. The minimum absolute atomic E-state index is 0.110. The summed E-state index contributed by atoms with van der Waals surface area (Å²) in [6, 6.07) is 7.04. The zero-order valence-corrected chi connectivity index (χ0v) is 10.6. The van der Waals surface area contributed by atoms with Crippen LogP contribution >= 0.6 is 0 Å². The van der Waals surface area contributed by atoms with Crippen molar-refractivity contribution >= 4 is 17.7 Å². The van der Waals surface area contributed by atoms with Crippen molar-refractivity contribution in [2.24, 2.45) is 5.73 Å². The SMILES string of the molecule is COc1cccc(NC(=O)CNCCOC(N)=O)c1. The van der Waals surface area contributed by atoms with Crippen molar-refractivity contribution in [1.82, 2.24) is 5.32 Å². The predicted octanol–water partition coefficient (Wildman–Crippen LogP) is 0.319. The van der Waals surface area contributed by atoms with Gasteiger partial charge in [0.2, 0.25) is 5.91 Å². The average molecular weight is 267 g/mol. The summed E-state index contributed by atoms with van der Waals surface area (Å²) >= 11 is 0. The van der Waals surface area contributed by atoms with Crippen LogP contribution in [0.15, 0.2) is 24.3 Å². The van der Waals surface area contributed by atoms with E-state index in [0.717, 1.165) is 0 Å². The molecule has 1 aromatic carbocycles. The van der Waals surface area contributed by atoms with Gasteiger partial charge in [-0.05, 0) is 12.1 Å². The molecule has 0 aromatic heterocycles. The van der Waals surface area contributed by atoms with Gasteiger partial charge in [-0.2, -0.15) is 0 Å². The summed E-state index contributed by atoms with van der Waals surface area (Å²) in [5.41, 5.74) is 5.44. The second kappa shape index (κ2) is 7.93. The van der Waals surface area contributed by atoms with Gasteiger partial charge in [0.25, 0.3) is 0 Å². The van der Waals surface area contributed by atoms with Gasteiger partial charge in [-0.1, -0.05) is 6.07 Å². The van der Waals surface area contributed by atoms with Gasteiger partial charge in [0.05, 0.1) is 13.7 Å². The highest BCUT2D eigenvalue weighted by Crippen LogP contribution is 2.16. The Morgan fingerprint density at radius 1 is 1.37 bits per heavy atom. The monoisotopic (exact) mass is 267 g/mol. The van der Waals surface area contributed by atoms with Crippen molar-refractivity contribution in [3.05, 3.63) is 24.3 Å². The highest BCUT2D eigenvalue weighted by atomic mass is 16.5. The first-order chi connectivity index (χ1) is 9.11. The Hall–Kier alpha value is -2.28. The molecular weight excluding hydrogens is 250 g/mol. The molecule has 7 nitrogen and oxygen atoms in total. The molecule has 0 saturated carbocycles. The molecule has 0 fully saturated rings. The molecule has 1 rings (SSSR count). The lowest BCUT2D eigenvalue weighted by Gasteiger charge is -2.08. The van der Waals surface area contributed by atoms with Crippen molar-refractivity contribution in [3.63, 3.8) is 0 Å². The number of primary amides is 1. The van der Waals surface area contributed by atoms with Crippen LogP contribution in [0.3, 0.4) is 0 Å². The molecule has 0 bridgehead atoms. The standard InChI is InChI=1S/C12H17N3O4/c1-18-10-4-2-3-9(7-10)15-11(16)8-14-5-6-19-12(13)17/h2-4,7,14H,5-6,8H2,1H3,(H2,13,17)(H,15,16). The topological polar surface area (TPSA) is 103 Å². The second-order valence-corrected chi connectivity index (χ2v) is 3.62. The van der Waals surface area contributed by atoms with Gasteiger partial charge in [-0.15, -0.1) is 0 Å². The zero-order valence-electron chi connectivity index (χ0n) is 10.6. The Labute approximate surface area is 111 Å². The summed E-state index contributed by atoms with van der Waals surface area (Å²) in [6.45, 7) is 0.593. The smallest absolute Gasteiger partial charge is 0.404 e. The lowest BCUT2D eigenvalue weighted by Crippen LogP contribution is -2.31. The molecule has 0 heterocycles. The number of benzene rings is 1. The number of carbonyl (C=O) groups is 2. The van der Waals surface area contributed by atoms with E-state index in [-0.39, 0.29) is 19.1 Å². The first-order valence-electron chi connectivity index (χ1n) is 5.68. The normalized spacial score (nSPS) is 9.74. The van der Waals surface area contributed by atoms with E-state index in [4.69, 9.17) is 10.5 Å². The van der Waals surface area contributed by atoms with E-state index in [1.165, 1.54) is 0 Å². The number of amides is 2. The van der Waals surface area contributed by atoms with E-state index in [0.29, 0.717) is 18.0 Å². The maximum atomic E-state index is 11.6. The summed E-state index contributed by atoms with van der Waals surface area (Å²) in [4.78, 5) is 21.8. The molecule has 0 unspecified atom stereocenters. The maximum absolute atomic E-state index is 11.6. The predicted molar refractivity (Wildman–Crippen MR) is 70.0 cm³/mol. The van der Waals surface area contributed by atoms with Gasteiger partial charge in [0, 0.05) is 18.3 Å². The lowest BCUT2D eigenvalue weighted by molar-refractivity contribution is -0.115. The molecule has 7 heteroatoms. The van der Waals surface area contributed by atoms with Crippen LogP contribution in [-0.4, -0.2) is 38.8 Å². The van der Waals surface area contributed by atoms with Crippen molar-refractivity contribution in [3.8, 4) is 5.75 Å². The van der Waals surface area contributed by atoms with Gasteiger partial charge in [0.15, 0.2) is 0 Å². The van der Waals surface area contributed by atoms with E-state index < -0.39 is 6.09 Å². The molecule has 0 saturated heterocycles. The van der Waals surface area contributed by atoms with Crippen LogP contribution in [0.5, 0.6) is 5.75 Å². The minimum Gasteiger partial charge on any atom is -0.497 e. The summed E-state index contributed by atoms with van der Waals surface area (Å²) in [7, 11) is 1.56. The van der Waals surface area contributed by atoms with Crippen LogP contribution in [0.1, 0.15) is 0 Å². The summed E-state index contributed by atoms with van der Waals surface area (Å²) < 4.78 is 9.55. The van der Waals surface area contributed by atoms with Gasteiger partial charge in [-0.3, -0.25) is 4.79 Å². The Bertz CT molecular complexity index is 437. The third-order valence-electron chi connectivity index (χ3n) is 2.16. The van der Waals surface area contributed by atoms with E-state index in [1.54, 1.807) is 31.4 Å². The summed E-state index contributed by atoms with van der Waals surface area (Å²) in [5, 5.41) is 5.52. The number of ether oxygens (including phenoxy) is 2. The maximum Gasteiger partial charge on any atom is 0.404 e. The molecule has 2 amide bonds. The summed E-state index contributed by atoms with van der Waals surface area (Å²) in [6.07, 6.45) is -0.831. The van der Waals surface area contributed by atoms with Crippen LogP contribution in [-0.2, 0) is 9.53 Å². The summed E-state index contributed by atoms with van der Waals surface area (Å²) in [5.74, 6) is 0.466. The van der Waals surface area contributed by atoms with Crippen molar-refractivity contribution < 1.29 is 19.1 Å². The van der Waals surface area contributed by atoms with Crippen molar-refractivity contribution in [1.29, 1.82) is 0 Å². The lowest BCUT2D eigenvalue weighted by atomic mass is 10.3. The molecule has 0 atom stereocenters. The van der Waals surface area contributed by atoms with Crippen LogP contribution in [0.25, 0.3) is 0 Å². The average Bonchev–Trinajstić information content (AvgIpc) is 2.38. The quantitative estimate of drug-likeness (QED) is 0.617. The molecule has 1 aromatic rings. The number of nitrogens with two attached hydrogens (primary N) is 1. The van der Waals surface area contributed by atoms with E-state index in [2.05, 4.69) is 15.4 Å². The van der Waals surface area contributed by atoms with Gasteiger partial charge >= 0.3 is 6.09 Å².